The van der Waals surface area contributed by atoms with Gasteiger partial charge >= 0.3 is 0 Å². The number of methoxy groups -OCH3 is 1. The van der Waals surface area contributed by atoms with Crippen molar-refractivity contribution in [1.82, 2.24) is 0 Å². The molecule has 1 N–H and O–H groups in total. The molecule has 1 aliphatic carbocycles. The molecule has 0 heterocycles. The first-order chi connectivity index (χ1) is 10.2. The molecule has 0 aliphatic heterocycles. The second-order valence-corrected chi connectivity index (χ2v) is 5.72. The van der Waals surface area contributed by atoms with Gasteiger partial charge in [-0.3, -0.25) is 0 Å². The molecular weight excluding hydrogens is 265 g/mol. The van der Waals surface area contributed by atoms with E-state index in [0.717, 1.165) is 18.5 Å². The molecule has 110 valence electrons. The Bertz CT molecular complexity index is 635. The van der Waals surface area contributed by atoms with Gasteiger partial charge in [-0.2, -0.15) is 0 Å². The smallest absolute Gasteiger partial charge is 0.167 e. The molecule has 2 aromatic carbocycles. The Labute approximate surface area is 125 Å². The lowest BCUT2D eigenvalue weighted by Gasteiger charge is -2.37. The molecule has 0 atom stereocenters. The molecule has 0 spiro atoms. The van der Waals surface area contributed by atoms with Gasteiger partial charge in [0.1, 0.15) is 0 Å². The third kappa shape index (κ3) is 2.87. The van der Waals surface area contributed by atoms with E-state index in [4.69, 9.17) is 4.74 Å². The molecule has 1 saturated carbocycles. The Morgan fingerprint density at radius 2 is 1.90 bits per heavy atom. The maximum Gasteiger partial charge on any atom is 0.167 e. The first-order valence-electron chi connectivity index (χ1n) is 7.33. The van der Waals surface area contributed by atoms with Crippen LogP contribution in [0.2, 0.25) is 0 Å². The van der Waals surface area contributed by atoms with Crippen molar-refractivity contribution >= 4 is 5.69 Å². The highest BCUT2D eigenvalue weighted by Crippen LogP contribution is 2.39. The van der Waals surface area contributed by atoms with E-state index < -0.39 is 0 Å². The van der Waals surface area contributed by atoms with Crippen LogP contribution in [0.4, 0.5) is 10.1 Å². The molecule has 1 fully saturated rings. The molecule has 0 saturated heterocycles. The summed E-state index contributed by atoms with van der Waals surface area (Å²) in [4.78, 5) is 0. The Balaban J connectivity index is 1.60. The molecule has 0 bridgehead atoms. The van der Waals surface area contributed by atoms with Crippen LogP contribution >= 0.6 is 0 Å². The van der Waals surface area contributed by atoms with Crippen LogP contribution in [0.5, 0.6) is 5.75 Å². The van der Waals surface area contributed by atoms with Crippen molar-refractivity contribution in [3.8, 4) is 5.75 Å². The third-order valence-corrected chi connectivity index (χ3v) is 4.29. The van der Waals surface area contributed by atoms with Crippen molar-refractivity contribution < 1.29 is 9.13 Å². The average Bonchev–Trinajstić information content (AvgIpc) is 2.44. The highest BCUT2D eigenvalue weighted by Gasteiger charge is 2.30. The maximum atomic E-state index is 13.7. The quantitative estimate of drug-likeness (QED) is 0.893. The Morgan fingerprint density at radius 1 is 1.14 bits per heavy atom. The minimum atomic E-state index is -0.322. The van der Waals surface area contributed by atoms with E-state index in [1.807, 2.05) is 6.07 Å². The summed E-state index contributed by atoms with van der Waals surface area (Å²) in [6, 6.07) is 14.0. The second kappa shape index (κ2) is 5.76. The van der Waals surface area contributed by atoms with E-state index in [0.29, 0.717) is 12.0 Å². The van der Waals surface area contributed by atoms with E-state index in [1.165, 1.54) is 24.3 Å². The number of hydrogen-bond donors (Lipinski definition) is 1. The van der Waals surface area contributed by atoms with Gasteiger partial charge in [-0.05, 0) is 48.9 Å². The topological polar surface area (TPSA) is 21.3 Å². The van der Waals surface area contributed by atoms with Crippen LogP contribution in [0, 0.1) is 12.7 Å². The Hall–Kier alpha value is -2.03. The van der Waals surface area contributed by atoms with Crippen molar-refractivity contribution in [2.24, 2.45) is 0 Å². The molecule has 0 unspecified atom stereocenters. The number of hydrogen-bond acceptors (Lipinski definition) is 2. The largest absolute Gasteiger partial charge is 0.494 e. The summed E-state index contributed by atoms with van der Waals surface area (Å²) in [5, 5.41) is 3.39. The van der Waals surface area contributed by atoms with Crippen LogP contribution < -0.4 is 10.1 Å². The van der Waals surface area contributed by atoms with E-state index in [-0.39, 0.29) is 11.6 Å². The summed E-state index contributed by atoms with van der Waals surface area (Å²) in [7, 11) is 1.48. The first kappa shape index (κ1) is 13.9. The second-order valence-electron chi connectivity index (χ2n) is 5.72. The summed E-state index contributed by atoms with van der Waals surface area (Å²) in [5.74, 6) is 0.580. The van der Waals surface area contributed by atoms with Crippen molar-refractivity contribution in [2.75, 3.05) is 12.4 Å². The summed E-state index contributed by atoms with van der Waals surface area (Å²) < 4.78 is 18.6. The van der Waals surface area contributed by atoms with E-state index in [9.17, 15) is 4.39 Å². The SMILES string of the molecule is COc1ccc(NC2CC(c3ccccc3C)C2)cc1F. The molecular formula is C18H20FNO. The molecule has 2 aromatic rings. The molecule has 0 aromatic heterocycles. The van der Waals surface area contributed by atoms with E-state index in [2.05, 4.69) is 36.5 Å². The fraction of sp³-hybridized carbons (Fsp3) is 0.333. The van der Waals surface area contributed by atoms with Crippen molar-refractivity contribution in [3.63, 3.8) is 0 Å². The standard InChI is InChI=1S/C18H20FNO/c1-12-5-3-4-6-16(12)13-9-15(10-13)20-14-7-8-18(21-2)17(19)11-14/h3-8,11,13,15,20H,9-10H2,1-2H3. The number of ether oxygens (including phenoxy) is 1. The van der Waals surface area contributed by atoms with Crippen molar-refractivity contribution in [3.05, 3.63) is 59.4 Å². The predicted molar refractivity (Wildman–Crippen MR) is 83.5 cm³/mol. The average molecular weight is 285 g/mol. The number of aryl methyl sites for hydroxylation is 1. The van der Waals surface area contributed by atoms with Crippen LogP contribution in [-0.2, 0) is 0 Å². The Kier molecular flexibility index (Phi) is 3.82. The predicted octanol–water partition coefficient (Wildman–Crippen LogP) is 4.50. The lowest BCUT2D eigenvalue weighted by molar-refractivity contribution is 0.372. The summed E-state index contributed by atoms with van der Waals surface area (Å²) in [6.07, 6.45) is 2.19. The van der Waals surface area contributed by atoms with Gasteiger partial charge in [0.2, 0.25) is 0 Å². The number of rotatable bonds is 4. The number of anilines is 1. The zero-order valence-corrected chi connectivity index (χ0v) is 12.4. The number of halogens is 1. The van der Waals surface area contributed by atoms with E-state index >= 15 is 0 Å². The van der Waals surface area contributed by atoms with Crippen LogP contribution in [0.3, 0.4) is 0 Å². The van der Waals surface area contributed by atoms with Gasteiger partial charge in [0.05, 0.1) is 7.11 Å². The van der Waals surface area contributed by atoms with Gasteiger partial charge in [0, 0.05) is 17.8 Å². The van der Waals surface area contributed by atoms with Crippen LogP contribution in [-0.4, -0.2) is 13.2 Å². The molecule has 0 amide bonds. The van der Waals surface area contributed by atoms with Crippen molar-refractivity contribution in [1.29, 1.82) is 0 Å². The zero-order valence-electron chi connectivity index (χ0n) is 12.4. The molecule has 0 radical (unpaired) electrons. The fourth-order valence-corrected chi connectivity index (χ4v) is 3.03. The normalized spacial score (nSPS) is 20.7. The summed E-state index contributed by atoms with van der Waals surface area (Å²) >= 11 is 0. The van der Waals surface area contributed by atoms with Crippen LogP contribution in [0.15, 0.2) is 42.5 Å². The minimum Gasteiger partial charge on any atom is -0.494 e. The van der Waals surface area contributed by atoms with Gasteiger partial charge in [-0.1, -0.05) is 24.3 Å². The molecule has 21 heavy (non-hydrogen) atoms. The fourth-order valence-electron chi connectivity index (χ4n) is 3.03. The number of benzene rings is 2. The van der Waals surface area contributed by atoms with Gasteiger partial charge in [0.25, 0.3) is 0 Å². The monoisotopic (exact) mass is 285 g/mol. The molecule has 2 nitrogen and oxygen atoms in total. The van der Waals surface area contributed by atoms with Crippen LogP contribution in [0.25, 0.3) is 0 Å². The number of nitrogens with one attached hydrogen (secondary N) is 1. The zero-order chi connectivity index (χ0) is 14.8. The van der Waals surface area contributed by atoms with Gasteiger partial charge in [0.15, 0.2) is 11.6 Å². The first-order valence-corrected chi connectivity index (χ1v) is 7.33. The van der Waals surface area contributed by atoms with Crippen LogP contribution in [0.1, 0.15) is 29.9 Å². The van der Waals surface area contributed by atoms with Crippen molar-refractivity contribution in [2.45, 2.75) is 31.7 Å². The lowest BCUT2D eigenvalue weighted by atomic mass is 9.74. The van der Waals surface area contributed by atoms with Gasteiger partial charge in [-0.15, -0.1) is 0 Å². The summed E-state index contributed by atoms with van der Waals surface area (Å²) in [5.41, 5.74) is 3.62. The summed E-state index contributed by atoms with van der Waals surface area (Å²) in [6.45, 7) is 2.16. The van der Waals surface area contributed by atoms with Gasteiger partial charge < -0.3 is 10.1 Å². The van der Waals surface area contributed by atoms with Gasteiger partial charge in [-0.25, -0.2) is 4.39 Å². The maximum absolute atomic E-state index is 13.7. The molecule has 1 aliphatic rings. The molecule has 3 rings (SSSR count). The molecule has 3 heteroatoms. The highest BCUT2D eigenvalue weighted by molar-refractivity contribution is 5.49. The Morgan fingerprint density at radius 3 is 2.57 bits per heavy atom. The minimum absolute atomic E-state index is 0.284. The highest BCUT2D eigenvalue weighted by atomic mass is 19.1. The van der Waals surface area contributed by atoms with E-state index in [1.54, 1.807) is 6.07 Å². The lowest BCUT2D eigenvalue weighted by Crippen LogP contribution is -2.34. The third-order valence-electron chi connectivity index (χ3n) is 4.29.